The lowest BCUT2D eigenvalue weighted by Gasteiger charge is -2.13. The maximum atomic E-state index is 12.3. The summed E-state index contributed by atoms with van der Waals surface area (Å²) in [6.07, 6.45) is 2.45. The number of hydrogen-bond acceptors (Lipinski definition) is 7. The largest absolute Gasteiger partial charge is 0.490 e. The van der Waals surface area contributed by atoms with Crippen molar-refractivity contribution in [3.05, 3.63) is 41.7 Å². The summed E-state index contributed by atoms with van der Waals surface area (Å²) < 4.78 is 18.6. The first-order chi connectivity index (χ1) is 14.1. The second-order valence-electron chi connectivity index (χ2n) is 6.68. The van der Waals surface area contributed by atoms with E-state index in [4.69, 9.17) is 13.9 Å². The van der Waals surface area contributed by atoms with Gasteiger partial charge in [-0.2, -0.15) is 0 Å². The van der Waals surface area contributed by atoms with Crippen molar-refractivity contribution in [1.29, 1.82) is 0 Å². The molecule has 3 heterocycles. The summed E-state index contributed by atoms with van der Waals surface area (Å²) in [5.41, 5.74) is 2.06. The number of benzene rings is 1. The van der Waals surface area contributed by atoms with Crippen LogP contribution in [0, 0.1) is 6.92 Å². The van der Waals surface area contributed by atoms with Gasteiger partial charge in [0, 0.05) is 20.0 Å². The fourth-order valence-electron chi connectivity index (χ4n) is 2.98. The van der Waals surface area contributed by atoms with Crippen LogP contribution in [-0.2, 0) is 18.4 Å². The molecule has 8 nitrogen and oxygen atoms in total. The van der Waals surface area contributed by atoms with Crippen molar-refractivity contribution in [3.63, 3.8) is 0 Å². The topological polar surface area (TPSA) is 91.4 Å². The van der Waals surface area contributed by atoms with E-state index in [1.807, 2.05) is 36.7 Å². The lowest BCUT2D eigenvalue weighted by atomic mass is 10.1. The summed E-state index contributed by atoms with van der Waals surface area (Å²) in [5.74, 6) is 2.93. The fraction of sp³-hybridized carbons (Fsp3) is 0.350. The van der Waals surface area contributed by atoms with E-state index in [0.29, 0.717) is 36.5 Å². The molecule has 2 aromatic heterocycles. The van der Waals surface area contributed by atoms with Crippen LogP contribution in [0.2, 0.25) is 0 Å². The lowest BCUT2D eigenvalue weighted by molar-refractivity contribution is -0.118. The number of hydrogen-bond donors (Lipinski definition) is 1. The normalized spacial score (nSPS) is 13.2. The van der Waals surface area contributed by atoms with Gasteiger partial charge in [-0.3, -0.25) is 4.79 Å². The average Bonchev–Trinajstić information content (AvgIpc) is 3.30. The summed E-state index contributed by atoms with van der Waals surface area (Å²) >= 11 is 1.33. The van der Waals surface area contributed by atoms with Gasteiger partial charge in [0.25, 0.3) is 0 Å². The number of aromatic nitrogens is 3. The van der Waals surface area contributed by atoms with Crippen LogP contribution < -0.4 is 14.8 Å². The molecule has 0 spiro atoms. The fourth-order valence-corrected chi connectivity index (χ4v) is 3.72. The van der Waals surface area contributed by atoms with Crippen LogP contribution in [0.5, 0.6) is 11.5 Å². The summed E-state index contributed by atoms with van der Waals surface area (Å²) in [6, 6.07) is 7.53. The average molecular weight is 414 g/mol. The molecule has 3 aromatic rings. The molecule has 1 amide bonds. The van der Waals surface area contributed by atoms with Gasteiger partial charge in [0.05, 0.1) is 25.2 Å². The molecule has 0 atom stereocenters. The van der Waals surface area contributed by atoms with Gasteiger partial charge in [0.1, 0.15) is 0 Å². The molecule has 0 aliphatic carbocycles. The van der Waals surface area contributed by atoms with Crippen molar-refractivity contribution >= 4 is 17.7 Å². The van der Waals surface area contributed by atoms with E-state index in [9.17, 15) is 4.79 Å². The number of carbonyl (C=O) groups is 1. The van der Waals surface area contributed by atoms with Crippen LogP contribution in [0.25, 0.3) is 11.6 Å². The predicted molar refractivity (Wildman–Crippen MR) is 108 cm³/mol. The zero-order valence-corrected chi connectivity index (χ0v) is 17.1. The maximum absolute atomic E-state index is 12.3. The molecule has 1 aromatic carbocycles. The van der Waals surface area contributed by atoms with E-state index >= 15 is 0 Å². The quantitative estimate of drug-likeness (QED) is 0.620. The number of furan rings is 1. The number of nitrogens with one attached hydrogen (secondary N) is 1. The first kappa shape index (κ1) is 19.4. The number of amides is 1. The van der Waals surface area contributed by atoms with Crippen LogP contribution in [0.1, 0.15) is 17.5 Å². The van der Waals surface area contributed by atoms with Crippen molar-refractivity contribution < 1.29 is 18.7 Å². The van der Waals surface area contributed by atoms with E-state index < -0.39 is 0 Å². The standard InChI is InChI=1S/C20H22N4O4S/c1-13-9-16-17(28-8-4-7-27-16)10-14(13)11-21-18(25)12-29-20-23-22-19(24(20)2)15-5-3-6-26-15/h3,5-6,9-10H,4,7-8,11-12H2,1-2H3,(H,21,25). The minimum absolute atomic E-state index is 0.0796. The van der Waals surface area contributed by atoms with Gasteiger partial charge in [-0.15, -0.1) is 10.2 Å². The monoisotopic (exact) mass is 414 g/mol. The van der Waals surface area contributed by atoms with Gasteiger partial charge in [-0.25, -0.2) is 0 Å². The molecule has 0 radical (unpaired) electrons. The van der Waals surface area contributed by atoms with E-state index in [1.54, 1.807) is 12.3 Å². The summed E-state index contributed by atoms with van der Waals surface area (Å²) in [6.45, 7) is 3.72. The molecule has 0 saturated heterocycles. The molecular formula is C20H22N4O4S. The number of thioether (sulfide) groups is 1. The number of aryl methyl sites for hydroxylation is 1. The Kier molecular flexibility index (Phi) is 5.75. The summed E-state index contributed by atoms with van der Waals surface area (Å²) in [5, 5.41) is 11.9. The van der Waals surface area contributed by atoms with Gasteiger partial charge in [-0.05, 0) is 42.3 Å². The Bertz CT molecular complexity index is 1000. The highest BCUT2D eigenvalue weighted by molar-refractivity contribution is 7.99. The third kappa shape index (κ3) is 4.40. The third-order valence-corrected chi connectivity index (χ3v) is 5.61. The number of nitrogens with zero attached hydrogens (tertiary/aromatic N) is 3. The SMILES string of the molecule is Cc1cc2c(cc1CNC(=O)CSc1nnc(-c3ccco3)n1C)OCCCO2. The van der Waals surface area contributed by atoms with Crippen molar-refractivity contribution in [3.8, 4) is 23.1 Å². The molecule has 0 saturated carbocycles. The molecule has 9 heteroatoms. The molecule has 4 rings (SSSR count). The number of ether oxygens (including phenoxy) is 2. The van der Waals surface area contributed by atoms with Gasteiger partial charge < -0.3 is 23.8 Å². The van der Waals surface area contributed by atoms with Crippen molar-refractivity contribution in [2.75, 3.05) is 19.0 Å². The first-order valence-corrected chi connectivity index (χ1v) is 10.3. The summed E-state index contributed by atoms with van der Waals surface area (Å²) in [4.78, 5) is 12.3. The maximum Gasteiger partial charge on any atom is 0.230 e. The van der Waals surface area contributed by atoms with Crippen LogP contribution in [0.15, 0.2) is 40.1 Å². The van der Waals surface area contributed by atoms with Gasteiger partial charge >= 0.3 is 0 Å². The molecule has 29 heavy (non-hydrogen) atoms. The number of rotatable bonds is 6. The van der Waals surface area contributed by atoms with Crippen LogP contribution >= 0.6 is 11.8 Å². The van der Waals surface area contributed by atoms with Crippen molar-refractivity contribution in [1.82, 2.24) is 20.1 Å². The molecule has 152 valence electrons. The highest BCUT2D eigenvalue weighted by atomic mass is 32.2. The zero-order valence-electron chi connectivity index (χ0n) is 16.3. The van der Waals surface area contributed by atoms with E-state index in [0.717, 1.165) is 29.0 Å². The molecule has 0 bridgehead atoms. The molecular weight excluding hydrogens is 392 g/mol. The Morgan fingerprint density at radius 3 is 2.79 bits per heavy atom. The van der Waals surface area contributed by atoms with Crippen LogP contribution in [0.3, 0.4) is 0 Å². The van der Waals surface area contributed by atoms with E-state index in [2.05, 4.69) is 15.5 Å². The van der Waals surface area contributed by atoms with Crippen LogP contribution in [-0.4, -0.2) is 39.6 Å². The number of carbonyl (C=O) groups excluding carboxylic acids is 1. The van der Waals surface area contributed by atoms with Gasteiger partial charge in [0.2, 0.25) is 5.91 Å². The highest BCUT2D eigenvalue weighted by Crippen LogP contribution is 2.32. The Labute approximate surface area is 172 Å². The van der Waals surface area contributed by atoms with Crippen molar-refractivity contribution in [2.45, 2.75) is 25.0 Å². The van der Waals surface area contributed by atoms with Crippen molar-refractivity contribution in [2.24, 2.45) is 7.05 Å². The molecule has 1 N–H and O–H groups in total. The predicted octanol–water partition coefficient (Wildman–Crippen LogP) is 2.95. The van der Waals surface area contributed by atoms with E-state index in [1.165, 1.54) is 11.8 Å². The number of fused-ring (bicyclic) bond motifs is 1. The molecule has 0 fully saturated rings. The molecule has 0 unspecified atom stereocenters. The second kappa shape index (κ2) is 8.60. The van der Waals surface area contributed by atoms with Crippen LogP contribution in [0.4, 0.5) is 0 Å². The Morgan fingerprint density at radius 2 is 2.03 bits per heavy atom. The van der Waals surface area contributed by atoms with E-state index in [-0.39, 0.29) is 11.7 Å². The Morgan fingerprint density at radius 1 is 1.24 bits per heavy atom. The third-order valence-electron chi connectivity index (χ3n) is 4.59. The minimum atomic E-state index is -0.0796. The second-order valence-corrected chi connectivity index (χ2v) is 7.63. The minimum Gasteiger partial charge on any atom is -0.490 e. The lowest BCUT2D eigenvalue weighted by Crippen LogP contribution is -2.25. The Hall–Kier alpha value is -2.94. The molecule has 1 aliphatic rings. The highest BCUT2D eigenvalue weighted by Gasteiger charge is 2.16. The Balaban J connectivity index is 1.34. The molecule has 1 aliphatic heterocycles. The van der Waals surface area contributed by atoms with Gasteiger partial charge in [-0.1, -0.05) is 11.8 Å². The zero-order chi connectivity index (χ0) is 20.2. The van der Waals surface area contributed by atoms with Gasteiger partial charge in [0.15, 0.2) is 28.2 Å². The smallest absolute Gasteiger partial charge is 0.230 e. The first-order valence-electron chi connectivity index (χ1n) is 9.33. The summed E-state index contributed by atoms with van der Waals surface area (Å²) in [7, 11) is 1.85.